The van der Waals surface area contributed by atoms with E-state index in [2.05, 4.69) is 9.97 Å². The molecule has 1 saturated heterocycles. The van der Waals surface area contributed by atoms with Crippen LogP contribution in [0.3, 0.4) is 0 Å². The molecule has 13 heteroatoms. The van der Waals surface area contributed by atoms with E-state index in [0.717, 1.165) is 18.2 Å². The van der Waals surface area contributed by atoms with Crippen LogP contribution in [0.4, 0.5) is 24.0 Å². The van der Waals surface area contributed by atoms with E-state index in [-0.39, 0.29) is 11.3 Å². The molecule has 8 nitrogen and oxygen atoms in total. The molecule has 2 aromatic carbocycles. The minimum atomic E-state index is -4.78. The standard InChI is InChI=1S/C25H22F3N5O3S2/c1-2-20-29-10-9-19(30-20)23-22(31-25(37-23)33-11-13-36-14-12-33)15-5-3-8-18(21(15)28)32-38(34,35)24-16(26)6-4-7-17(24)27/h3-10,32H,2,11-14H2,1H3. The van der Waals surface area contributed by atoms with Gasteiger partial charge in [-0.2, -0.15) is 0 Å². The molecule has 0 unspecified atom stereocenters. The number of benzene rings is 2. The highest BCUT2D eigenvalue weighted by atomic mass is 32.2. The van der Waals surface area contributed by atoms with Crippen LogP contribution in [0.5, 0.6) is 0 Å². The number of nitrogens with zero attached hydrogens (tertiary/aromatic N) is 4. The quantitative estimate of drug-likeness (QED) is 0.343. The summed E-state index contributed by atoms with van der Waals surface area (Å²) in [6, 6.07) is 8.42. The summed E-state index contributed by atoms with van der Waals surface area (Å²) in [6.07, 6.45) is 2.21. The van der Waals surface area contributed by atoms with Crippen molar-refractivity contribution in [3.63, 3.8) is 0 Å². The van der Waals surface area contributed by atoms with Crippen molar-refractivity contribution in [1.82, 2.24) is 15.0 Å². The molecule has 0 aliphatic carbocycles. The lowest BCUT2D eigenvalue weighted by Gasteiger charge is -2.26. The molecule has 4 aromatic rings. The maximum atomic E-state index is 15.9. The van der Waals surface area contributed by atoms with E-state index in [9.17, 15) is 17.2 Å². The zero-order valence-corrected chi connectivity index (χ0v) is 21.8. The summed E-state index contributed by atoms with van der Waals surface area (Å²) in [7, 11) is -4.78. The van der Waals surface area contributed by atoms with Gasteiger partial charge < -0.3 is 9.64 Å². The van der Waals surface area contributed by atoms with Gasteiger partial charge >= 0.3 is 0 Å². The number of aromatic nitrogens is 3. The third-order valence-electron chi connectivity index (χ3n) is 5.84. The van der Waals surface area contributed by atoms with Gasteiger partial charge in [0.05, 0.1) is 35.2 Å². The monoisotopic (exact) mass is 561 g/mol. The minimum absolute atomic E-state index is 0.00151. The van der Waals surface area contributed by atoms with Gasteiger partial charge in [0.2, 0.25) is 0 Å². The maximum Gasteiger partial charge on any atom is 0.267 e. The Hall–Kier alpha value is -3.55. The molecule has 38 heavy (non-hydrogen) atoms. The molecule has 1 N–H and O–H groups in total. The van der Waals surface area contributed by atoms with Gasteiger partial charge in [0.25, 0.3) is 10.0 Å². The van der Waals surface area contributed by atoms with Gasteiger partial charge in [-0.25, -0.2) is 36.5 Å². The van der Waals surface area contributed by atoms with Gasteiger partial charge in [-0.3, -0.25) is 4.72 Å². The highest BCUT2D eigenvalue weighted by Gasteiger charge is 2.28. The highest BCUT2D eigenvalue weighted by Crippen LogP contribution is 2.42. The van der Waals surface area contributed by atoms with E-state index < -0.39 is 38.1 Å². The van der Waals surface area contributed by atoms with Crippen LogP contribution in [-0.2, 0) is 21.2 Å². The van der Waals surface area contributed by atoms with Crippen LogP contribution in [-0.4, -0.2) is 49.7 Å². The maximum absolute atomic E-state index is 15.9. The van der Waals surface area contributed by atoms with Crippen LogP contribution in [0.15, 0.2) is 53.6 Å². The Kier molecular flexibility index (Phi) is 7.32. The van der Waals surface area contributed by atoms with Crippen molar-refractivity contribution in [3.05, 3.63) is 71.9 Å². The van der Waals surface area contributed by atoms with Gasteiger partial charge in [0.1, 0.15) is 17.5 Å². The molecule has 0 saturated carbocycles. The molecule has 0 amide bonds. The first kappa shape index (κ1) is 26.1. The van der Waals surface area contributed by atoms with Crippen molar-refractivity contribution in [1.29, 1.82) is 0 Å². The van der Waals surface area contributed by atoms with Gasteiger partial charge in [-0.05, 0) is 30.3 Å². The summed E-state index contributed by atoms with van der Waals surface area (Å²) in [6.45, 7) is 4.17. The fraction of sp³-hybridized carbons (Fsp3) is 0.240. The number of morpholine rings is 1. The van der Waals surface area contributed by atoms with Crippen molar-refractivity contribution in [2.24, 2.45) is 0 Å². The van der Waals surface area contributed by atoms with Crippen LogP contribution >= 0.6 is 11.3 Å². The van der Waals surface area contributed by atoms with E-state index in [4.69, 9.17) is 9.72 Å². The zero-order chi connectivity index (χ0) is 26.9. The predicted octanol–water partition coefficient (Wildman–Crippen LogP) is 4.88. The zero-order valence-electron chi connectivity index (χ0n) is 20.1. The molecular formula is C25H22F3N5O3S2. The molecule has 1 aliphatic rings. The van der Waals surface area contributed by atoms with Crippen molar-refractivity contribution in [2.75, 3.05) is 35.9 Å². The lowest BCUT2D eigenvalue weighted by molar-refractivity contribution is 0.122. The molecular weight excluding hydrogens is 539 g/mol. The average Bonchev–Trinajstić information content (AvgIpc) is 3.35. The smallest absolute Gasteiger partial charge is 0.267 e. The van der Waals surface area contributed by atoms with E-state index in [1.54, 1.807) is 12.3 Å². The van der Waals surface area contributed by atoms with Crippen LogP contribution in [0, 0.1) is 17.5 Å². The topological polar surface area (TPSA) is 97.3 Å². The summed E-state index contributed by atoms with van der Waals surface area (Å²) in [4.78, 5) is 14.9. The number of hydrogen-bond acceptors (Lipinski definition) is 8. The van der Waals surface area contributed by atoms with Crippen LogP contribution in [0.25, 0.3) is 21.8 Å². The van der Waals surface area contributed by atoms with Gasteiger partial charge in [0, 0.05) is 31.3 Å². The normalized spacial score (nSPS) is 14.1. The lowest BCUT2D eigenvalue weighted by Crippen LogP contribution is -2.36. The summed E-state index contributed by atoms with van der Waals surface area (Å²) in [5.74, 6) is -2.93. The number of ether oxygens (including phenoxy) is 1. The molecule has 3 heterocycles. The summed E-state index contributed by atoms with van der Waals surface area (Å²) in [5.41, 5.74) is 0.325. The van der Waals surface area contributed by atoms with Gasteiger partial charge in [-0.1, -0.05) is 30.4 Å². The molecule has 2 aromatic heterocycles. The van der Waals surface area contributed by atoms with Gasteiger partial charge in [-0.15, -0.1) is 0 Å². The highest BCUT2D eigenvalue weighted by molar-refractivity contribution is 7.92. The molecule has 198 valence electrons. The third kappa shape index (κ3) is 5.08. The lowest BCUT2D eigenvalue weighted by atomic mass is 10.1. The second kappa shape index (κ2) is 10.7. The summed E-state index contributed by atoms with van der Waals surface area (Å²) in [5, 5.41) is 0.633. The number of hydrogen-bond donors (Lipinski definition) is 1. The first-order chi connectivity index (χ1) is 18.3. The average molecular weight is 562 g/mol. The fourth-order valence-corrected chi connectivity index (χ4v) is 6.28. The Labute approximate surface area is 221 Å². The number of aryl methyl sites for hydroxylation is 1. The van der Waals surface area contributed by atoms with Crippen molar-refractivity contribution >= 4 is 32.2 Å². The number of rotatable bonds is 7. The Balaban J connectivity index is 1.60. The molecule has 5 rings (SSSR count). The number of halogens is 3. The summed E-state index contributed by atoms with van der Waals surface area (Å²) < 4.78 is 77.3. The van der Waals surface area contributed by atoms with Crippen molar-refractivity contribution < 1.29 is 26.3 Å². The molecule has 0 atom stereocenters. The molecule has 0 radical (unpaired) electrons. The van der Waals surface area contributed by atoms with E-state index in [1.165, 1.54) is 29.5 Å². The van der Waals surface area contributed by atoms with Crippen LogP contribution < -0.4 is 9.62 Å². The number of sulfonamides is 1. The SMILES string of the molecule is CCc1nccc(-c2sc(N3CCOCC3)nc2-c2cccc(NS(=O)(=O)c3c(F)cccc3F)c2F)n1. The Bertz CT molecular complexity index is 1570. The second-order valence-electron chi connectivity index (χ2n) is 8.31. The molecule has 0 bridgehead atoms. The van der Waals surface area contributed by atoms with Crippen molar-refractivity contribution in [3.8, 4) is 21.8 Å². The molecule has 1 fully saturated rings. The predicted molar refractivity (Wildman–Crippen MR) is 138 cm³/mol. The second-order valence-corrected chi connectivity index (χ2v) is 10.9. The van der Waals surface area contributed by atoms with Crippen LogP contribution in [0.2, 0.25) is 0 Å². The molecule has 1 aliphatic heterocycles. The van der Waals surface area contributed by atoms with E-state index in [0.29, 0.717) is 54.3 Å². The Morgan fingerprint density at radius 2 is 1.74 bits per heavy atom. The Morgan fingerprint density at radius 3 is 2.45 bits per heavy atom. The molecule has 0 spiro atoms. The van der Waals surface area contributed by atoms with Crippen molar-refractivity contribution in [2.45, 2.75) is 18.2 Å². The van der Waals surface area contributed by atoms with E-state index in [1.807, 2.05) is 16.5 Å². The third-order valence-corrected chi connectivity index (χ3v) is 8.39. The number of thiazole rings is 1. The first-order valence-electron chi connectivity index (χ1n) is 11.7. The largest absolute Gasteiger partial charge is 0.378 e. The minimum Gasteiger partial charge on any atom is -0.378 e. The van der Waals surface area contributed by atoms with E-state index >= 15 is 4.39 Å². The fourth-order valence-electron chi connectivity index (χ4n) is 3.98. The summed E-state index contributed by atoms with van der Waals surface area (Å²) >= 11 is 1.33. The number of anilines is 2. The van der Waals surface area contributed by atoms with Crippen LogP contribution in [0.1, 0.15) is 12.7 Å². The first-order valence-corrected chi connectivity index (χ1v) is 14.0. The number of nitrogens with one attached hydrogen (secondary N) is 1. The van der Waals surface area contributed by atoms with Gasteiger partial charge in [0.15, 0.2) is 15.8 Å². The Morgan fingerprint density at radius 1 is 1.03 bits per heavy atom.